The fourth-order valence-electron chi connectivity index (χ4n) is 4.22. The van der Waals surface area contributed by atoms with Gasteiger partial charge in [0, 0.05) is 23.5 Å². The van der Waals surface area contributed by atoms with Gasteiger partial charge < -0.3 is 0 Å². The van der Waals surface area contributed by atoms with Gasteiger partial charge in [-0.05, 0) is 46.5 Å². The molecule has 0 atom stereocenters. The second kappa shape index (κ2) is 8.72. The molecule has 0 aliphatic rings. The molecule has 3 heteroatoms. The van der Waals surface area contributed by atoms with Gasteiger partial charge in [0.2, 0.25) is 0 Å². The van der Waals surface area contributed by atoms with Crippen molar-refractivity contribution in [1.29, 1.82) is 0 Å². The van der Waals surface area contributed by atoms with Crippen LogP contribution in [0.4, 0.5) is 0 Å². The lowest BCUT2D eigenvalue weighted by Gasteiger charge is -2.12. The Morgan fingerprint density at radius 2 is 0.706 bits per heavy atom. The van der Waals surface area contributed by atoms with Crippen LogP contribution in [0.1, 0.15) is 0 Å². The number of nitrogens with zero attached hydrogens (tertiary/aromatic N) is 3. The minimum atomic E-state index is 0.882. The molecule has 2 heterocycles. The number of hydrogen-bond acceptors (Lipinski definition) is 3. The summed E-state index contributed by atoms with van der Waals surface area (Å²) in [5, 5.41) is 0. The van der Waals surface area contributed by atoms with Crippen molar-refractivity contribution in [3.8, 4) is 44.8 Å². The van der Waals surface area contributed by atoms with E-state index in [0.29, 0.717) is 0 Å². The second-order valence-electron chi connectivity index (χ2n) is 8.17. The Bertz CT molecular complexity index is 1440. The van der Waals surface area contributed by atoms with Crippen LogP contribution in [-0.2, 0) is 0 Å². The predicted octanol–water partition coefficient (Wildman–Crippen LogP) is 7.69. The third-order valence-electron chi connectivity index (χ3n) is 6.01. The number of aromatic nitrogens is 3. The molecule has 0 saturated heterocycles. The summed E-state index contributed by atoms with van der Waals surface area (Å²) in [6.45, 7) is 0. The zero-order valence-electron chi connectivity index (χ0n) is 18.5. The van der Waals surface area contributed by atoms with Gasteiger partial charge in [-0.15, -0.1) is 0 Å². The van der Waals surface area contributed by atoms with Gasteiger partial charge in [-0.2, -0.15) is 0 Å². The van der Waals surface area contributed by atoms with Gasteiger partial charge >= 0.3 is 0 Å². The van der Waals surface area contributed by atoms with Crippen LogP contribution in [0.2, 0.25) is 0 Å². The minimum Gasteiger partial charge on any atom is -0.265 e. The number of pyridine rings is 1. The molecule has 2 aromatic heterocycles. The van der Waals surface area contributed by atoms with E-state index in [9.17, 15) is 0 Å². The van der Waals surface area contributed by atoms with E-state index in [4.69, 9.17) is 9.97 Å². The summed E-state index contributed by atoms with van der Waals surface area (Å²) < 4.78 is 0. The molecule has 34 heavy (non-hydrogen) atoms. The second-order valence-corrected chi connectivity index (χ2v) is 8.17. The summed E-state index contributed by atoms with van der Waals surface area (Å²) in [4.78, 5) is 14.2. The van der Waals surface area contributed by atoms with Crippen LogP contribution < -0.4 is 0 Å². The largest absolute Gasteiger partial charge is 0.265 e. The van der Waals surface area contributed by atoms with Gasteiger partial charge in [-0.25, -0.2) is 9.97 Å². The highest BCUT2D eigenvalue weighted by atomic mass is 14.8. The van der Waals surface area contributed by atoms with E-state index in [1.54, 1.807) is 0 Å². The Morgan fingerprint density at radius 1 is 0.324 bits per heavy atom. The van der Waals surface area contributed by atoms with Crippen LogP contribution in [0.15, 0.2) is 128 Å². The third kappa shape index (κ3) is 3.84. The van der Waals surface area contributed by atoms with Crippen molar-refractivity contribution in [2.75, 3.05) is 0 Å². The number of benzene rings is 4. The summed E-state index contributed by atoms with van der Waals surface area (Å²) >= 11 is 0. The summed E-state index contributed by atoms with van der Waals surface area (Å²) in [6, 6.07) is 39.6. The maximum atomic E-state index is 5.03. The first kappa shape index (κ1) is 20.0. The van der Waals surface area contributed by atoms with E-state index in [-0.39, 0.29) is 0 Å². The molecule has 0 radical (unpaired) electrons. The molecule has 0 saturated carbocycles. The van der Waals surface area contributed by atoms with Crippen LogP contribution in [0.3, 0.4) is 0 Å². The van der Waals surface area contributed by atoms with Crippen molar-refractivity contribution >= 4 is 11.0 Å². The van der Waals surface area contributed by atoms with Crippen molar-refractivity contribution < 1.29 is 0 Å². The topological polar surface area (TPSA) is 38.7 Å². The maximum Gasteiger partial charge on any atom is 0.0973 e. The van der Waals surface area contributed by atoms with Crippen LogP contribution in [0.25, 0.3) is 55.8 Å². The van der Waals surface area contributed by atoms with Crippen molar-refractivity contribution in [1.82, 2.24) is 15.0 Å². The highest BCUT2D eigenvalue weighted by molar-refractivity contribution is 5.87. The molecule has 6 rings (SSSR count). The van der Waals surface area contributed by atoms with E-state index in [1.807, 2.05) is 54.9 Å². The van der Waals surface area contributed by atoms with Crippen LogP contribution in [0.5, 0.6) is 0 Å². The van der Waals surface area contributed by atoms with E-state index in [0.717, 1.165) is 44.7 Å². The van der Waals surface area contributed by atoms with Crippen molar-refractivity contribution in [2.45, 2.75) is 0 Å². The van der Waals surface area contributed by atoms with Crippen molar-refractivity contribution in [3.05, 3.63) is 128 Å². The Balaban J connectivity index is 1.46. The van der Waals surface area contributed by atoms with Gasteiger partial charge in [-0.1, -0.05) is 91.0 Å². The SMILES string of the molecule is c1ccc(-c2ccc(-c3nc4ccccc4nc3-c3ccc(-c4ccncc4)cc3)cc2)cc1. The molecule has 0 spiro atoms. The first-order chi connectivity index (χ1) is 16.8. The lowest BCUT2D eigenvalue weighted by molar-refractivity contribution is 1.29. The predicted molar refractivity (Wildman–Crippen MR) is 139 cm³/mol. The lowest BCUT2D eigenvalue weighted by Crippen LogP contribution is -1.95. The average Bonchev–Trinajstić information content (AvgIpc) is 2.93. The van der Waals surface area contributed by atoms with Gasteiger partial charge in [0.25, 0.3) is 0 Å². The summed E-state index contributed by atoms with van der Waals surface area (Å²) in [6.07, 6.45) is 3.63. The Morgan fingerprint density at radius 3 is 1.21 bits per heavy atom. The molecule has 0 unspecified atom stereocenters. The number of para-hydroxylation sites is 2. The standard InChI is InChI=1S/C31H21N3/c1-2-6-22(7-3-1)23-10-14-26(15-11-23)30-31(34-29-9-5-4-8-28(29)33-30)27-16-12-24(13-17-27)25-18-20-32-21-19-25/h1-21H. The lowest BCUT2D eigenvalue weighted by atomic mass is 9.98. The molecule has 160 valence electrons. The maximum absolute atomic E-state index is 5.03. The van der Waals surface area contributed by atoms with E-state index >= 15 is 0 Å². The molecule has 3 nitrogen and oxygen atoms in total. The molecule has 0 amide bonds. The minimum absolute atomic E-state index is 0.882. The molecule has 0 aliphatic carbocycles. The van der Waals surface area contributed by atoms with E-state index in [2.05, 4.69) is 77.8 Å². The fourth-order valence-corrected chi connectivity index (χ4v) is 4.22. The molecule has 4 aromatic carbocycles. The average molecular weight is 436 g/mol. The Hall–Kier alpha value is -4.63. The van der Waals surface area contributed by atoms with Gasteiger partial charge in [0.15, 0.2) is 0 Å². The summed E-state index contributed by atoms with van der Waals surface area (Å²) in [5.74, 6) is 0. The molecule has 0 fully saturated rings. The smallest absolute Gasteiger partial charge is 0.0973 e. The molecule has 0 bridgehead atoms. The molecule has 6 aromatic rings. The molecular formula is C31H21N3. The molecule has 0 aliphatic heterocycles. The molecule has 0 N–H and O–H groups in total. The van der Waals surface area contributed by atoms with Crippen LogP contribution in [-0.4, -0.2) is 15.0 Å². The summed E-state index contributed by atoms with van der Waals surface area (Å²) in [5.41, 5.74) is 10.3. The van der Waals surface area contributed by atoms with E-state index < -0.39 is 0 Å². The fraction of sp³-hybridized carbons (Fsp3) is 0. The highest BCUT2D eigenvalue weighted by Gasteiger charge is 2.14. The monoisotopic (exact) mass is 435 g/mol. The van der Waals surface area contributed by atoms with Gasteiger partial charge in [-0.3, -0.25) is 4.98 Å². The van der Waals surface area contributed by atoms with Crippen molar-refractivity contribution in [3.63, 3.8) is 0 Å². The van der Waals surface area contributed by atoms with Gasteiger partial charge in [0.05, 0.1) is 22.4 Å². The van der Waals surface area contributed by atoms with Crippen LogP contribution >= 0.6 is 0 Å². The Kier molecular flexibility index (Phi) is 5.13. The number of hydrogen-bond donors (Lipinski definition) is 0. The normalized spacial score (nSPS) is 10.9. The van der Waals surface area contributed by atoms with Gasteiger partial charge in [0.1, 0.15) is 0 Å². The number of rotatable bonds is 4. The zero-order valence-corrected chi connectivity index (χ0v) is 18.5. The van der Waals surface area contributed by atoms with Crippen LogP contribution in [0, 0.1) is 0 Å². The first-order valence-corrected chi connectivity index (χ1v) is 11.3. The van der Waals surface area contributed by atoms with Crippen molar-refractivity contribution in [2.24, 2.45) is 0 Å². The quantitative estimate of drug-likeness (QED) is 0.285. The Labute approximate surface area is 198 Å². The third-order valence-corrected chi connectivity index (χ3v) is 6.01. The highest BCUT2D eigenvalue weighted by Crippen LogP contribution is 2.33. The van der Waals surface area contributed by atoms with E-state index in [1.165, 1.54) is 11.1 Å². The molecular weight excluding hydrogens is 414 g/mol. The zero-order chi connectivity index (χ0) is 22.7. The summed E-state index contributed by atoms with van der Waals surface area (Å²) in [7, 11) is 0. The number of fused-ring (bicyclic) bond motifs is 1. The first-order valence-electron chi connectivity index (χ1n) is 11.3.